The molecule has 1 aliphatic heterocycles. The summed E-state index contributed by atoms with van der Waals surface area (Å²) in [6.45, 7) is 1.86. The molecule has 0 saturated carbocycles. The Bertz CT molecular complexity index is 590. The second-order valence-electron chi connectivity index (χ2n) is 5.87. The Labute approximate surface area is 133 Å². The van der Waals surface area contributed by atoms with E-state index in [0.717, 1.165) is 19.5 Å². The van der Waals surface area contributed by atoms with Crippen molar-refractivity contribution in [3.63, 3.8) is 0 Å². The summed E-state index contributed by atoms with van der Waals surface area (Å²) in [4.78, 5) is 7.29. The monoisotopic (exact) mass is 292 g/mol. The highest BCUT2D eigenvalue weighted by molar-refractivity contribution is 5.97. The van der Waals surface area contributed by atoms with E-state index in [-0.39, 0.29) is 0 Å². The van der Waals surface area contributed by atoms with Crippen LogP contribution in [-0.4, -0.2) is 12.4 Å². The molecule has 0 aliphatic carbocycles. The first-order valence-electron chi connectivity index (χ1n) is 8.33. The second-order valence-corrected chi connectivity index (χ2v) is 5.87. The largest absolute Gasteiger partial charge is 0.326 e. The SMILES string of the molecule is c1ccc(CN(C2=NCCCCCC2)c2ccccc2)cc1. The first-order valence-corrected chi connectivity index (χ1v) is 8.33. The van der Waals surface area contributed by atoms with Gasteiger partial charge in [0.15, 0.2) is 0 Å². The van der Waals surface area contributed by atoms with Gasteiger partial charge in [-0.1, -0.05) is 61.4 Å². The first-order chi connectivity index (χ1) is 10.9. The van der Waals surface area contributed by atoms with Crippen LogP contribution in [0.4, 0.5) is 5.69 Å². The van der Waals surface area contributed by atoms with Gasteiger partial charge in [-0.25, -0.2) is 0 Å². The molecule has 1 aliphatic rings. The van der Waals surface area contributed by atoms with E-state index in [1.54, 1.807) is 0 Å². The lowest BCUT2D eigenvalue weighted by Gasteiger charge is -2.27. The summed E-state index contributed by atoms with van der Waals surface area (Å²) in [6.07, 6.45) is 6.20. The average molecular weight is 292 g/mol. The van der Waals surface area contributed by atoms with Gasteiger partial charge in [-0.05, 0) is 30.5 Å². The molecule has 0 saturated heterocycles. The smallest absolute Gasteiger partial charge is 0.104 e. The van der Waals surface area contributed by atoms with Gasteiger partial charge in [0.1, 0.15) is 5.84 Å². The van der Waals surface area contributed by atoms with Crippen molar-refractivity contribution in [1.29, 1.82) is 0 Å². The Morgan fingerprint density at radius 3 is 2.23 bits per heavy atom. The number of amidine groups is 1. The van der Waals surface area contributed by atoms with E-state index in [4.69, 9.17) is 4.99 Å². The van der Waals surface area contributed by atoms with Crippen molar-refractivity contribution in [2.75, 3.05) is 11.4 Å². The quantitative estimate of drug-likeness (QED) is 0.772. The van der Waals surface area contributed by atoms with Crippen molar-refractivity contribution in [3.8, 4) is 0 Å². The van der Waals surface area contributed by atoms with Gasteiger partial charge in [0.05, 0.1) is 0 Å². The van der Waals surface area contributed by atoms with Crippen molar-refractivity contribution in [1.82, 2.24) is 0 Å². The number of nitrogens with zero attached hydrogens (tertiary/aromatic N) is 2. The fraction of sp³-hybridized carbons (Fsp3) is 0.350. The predicted molar refractivity (Wildman–Crippen MR) is 94.5 cm³/mol. The van der Waals surface area contributed by atoms with Gasteiger partial charge in [-0.3, -0.25) is 4.99 Å². The molecule has 0 fully saturated rings. The van der Waals surface area contributed by atoms with Crippen LogP contribution in [0.5, 0.6) is 0 Å². The van der Waals surface area contributed by atoms with Crippen molar-refractivity contribution in [3.05, 3.63) is 66.2 Å². The van der Waals surface area contributed by atoms with E-state index in [0.29, 0.717) is 0 Å². The van der Waals surface area contributed by atoms with Crippen LogP contribution in [0.3, 0.4) is 0 Å². The Morgan fingerprint density at radius 2 is 1.45 bits per heavy atom. The van der Waals surface area contributed by atoms with Crippen LogP contribution in [0.25, 0.3) is 0 Å². The molecule has 114 valence electrons. The van der Waals surface area contributed by atoms with Crippen molar-refractivity contribution < 1.29 is 0 Å². The van der Waals surface area contributed by atoms with Gasteiger partial charge in [0.25, 0.3) is 0 Å². The lowest BCUT2D eigenvalue weighted by atomic mass is 10.1. The Kier molecular flexibility index (Phi) is 5.25. The van der Waals surface area contributed by atoms with E-state index >= 15 is 0 Å². The minimum Gasteiger partial charge on any atom is -0.326 e. The summed E-state index contributed by atoms with van der Waals surface area (Å²) in [5.74, 6) is 1.25. The molecule has 0 unspecified atom stereocenters. The van der Waals surface area contributed by atoms with Crippen molar-refractivity contribution in [2.24, 2.45) is 4.99 Å². The lowest BCUT2D eigenvalue weighted by molar-refractivity contribution is 0.638. The number of hydrogen-bond acceptors (Lipinski definition) is 2. The Balaban J connectivity index is 1.88. The molecule has 0 amide bonds. The highest BCUT2D eigenvalue weighted by Gasteiger charge is 2.15. The summed E-state index contributed by atoms with van der Waals surface area (Å²) in [5.41, 5.74) is 2.57. The van der Waals surface area contributed by atoms with Crippen molar-refractivity contribution >= 4 is 11.5 Å². The van der Waals surface area contributed by atoms with Gasteiger partial charge < -0.3 is 4.90 Å². The highest BCUT2D eigenvalue weighted by atomic mass is 15.2. The molecule has 22 heavy (non-hydrogen) atoms. The average Bonchev–Trinajstić information content (AvgIpc) is 2.55. The minimum absolute atomic E-state index is 0.893. The van der Waals surface area contributed by atoms with E-state index in [9.17, 15) is 0 Å². The normalized spacial score (nSPS) is 15.5. The molecule has 0 radical (unpaired) electrons. The molecular weight excluding hydrogens is 268 g/mol. The summed E-state index contributed by atoms with van der Waals surface area (Å²) in [6, 6.07) is 21.3. The van der Waals surface area contributed by atoms with Gasteiger partial charge in [-0.2, -0.15) is 0 Å². The van der Waals surface area contributed by atoms with Crippen molar-refractivity contribution in [2.45, 2.75) is 38.6 Å². The molecule has 0 N–H and O–H groups in total. The maximum atomic E-state index is 4.90. The molecule has 0 atom stereocenters. The van der Waals surface area contributed by atoms with Gasteiger partial charge >= 0.3 is 0 Å². The van der Waals surface area contributed by atoms with Crippen LogP contribution >= 0.6 is 0 Å². The standard InChI is InChI=1S/C20H24N2/c1-2-10-16-21-20(15-9-1)22(19-13-7-4-8-14-19)17-18-11-5-3-6-12-18/h3-8,11-14H,1-2,9-10,15-17H2. The van der Waals surface area contributed by atoms with Crippen LogP contribution < -0.4 is 4.90 Å². The van der Waals surface area contributed by atoms with E-state index in [2.05, 4.69) is 65.6 Å². The third kappa shape index (κ3) is 3.97. The van der Waals surface area contributed by atoms with Crippen LogP contribution in [0.1, 0.15) is 37.7 Å². The van der Waals surface area contributed by atoms with Crippen LogP contribution in [0.15, 0.2) is 65.7 Å². The zero-order valence-corrected chi connectivity index (χ0v) is 13.1. The Hall–Kier alpha value is -2.09. The number of anilines is 1. The summed E-state index contributed by atoms with van der Waals surface area (Å²) in [5, 5.41) is 0. The zero-order valence-electron chi connectivity index (χ0n) is 13.1. The molecular formula is C20H24N2. The van der Waals surface area contributed by atoms with Crippen LogP contribution in [0, 0.1) is 0 Å². The summed E-state index contributed by atoms with van der Waals surface area (Å²) in [7, 11) is 0. The minimum atomic E-state index is 0.893. The van der Waals surface area contributed by atoms with E-state index < -0.39 is 0 Å². The van der Waals surface area contributed by atoms with Gasteiger partial charge in [0.2, 0.25) is 0 Å². The third-order valence-electron chi connectivity index (χ3n) is 4.17. The van der Waals surface area contributed by atoms with Gasteiger partial charge in [-0.15, -0.1) is 0 Å². The fourth-order valence-corrected chi connectivity index (χ4v) is 2.96. The maximum Gasteiger partial charge on any atom is 0.104 e. The topological polar surface area (TPSA) is 15.6 Å². The molecule has 2 aromatic carbocycles. The fourth-order valence-electron chi connectivity index (χ4n) is 2.96. The Morgan fingerprint density at radius 1 is 0.773 bits per heavy atom. The van der Waals surface area contributed by atoms with Crippen LogP contribution in [0.2, 0.25) is 0 Å². The number of para-hydroxylation sites is 1. The molecule has 2 heteroatoms. The summed E-state index contributed by atoms with van der Waals surface area (Å²) >= 11 is 0. The number of benzene rings is 2. The third-order valence-corrected chi connectivity index (χ3v) is 4.17. The van der Waals surface area contributed by atoms with E-state index in [1.165, 1.54) is 42.8 Å². The van der Waals surface area contributed by atoms with E-state index in [1.807, 2.05) is 0 Å². The molecule has 0 spiro atoms. The zero-order chi connectivity index (χ0) is 15.0. The molecule has 2 nitrogen and oxygen atoms in total. The highest BCUT2D eigenvalue weighted by Crippen LogP contribution is 2.21. The molecule has 2 aromatic rings. The number of aliphatic imine (C=N–C) groups is 1. The predicted octanol–water partition coefficient (Wildman–Crippen LogP) is 5.06. The first kappa shape index (κ1) is 14.8. The number of hydrogen-bond donors (Lipinski definition) is 0. The molecule has 0 bridgehead atoms. The second kappa shape index (κ2) is 7.79. The molecule has 1 heterocycles. The molecule has 0 aromatic heterocycles. The van der Waals surface area contributed by atoms with Crippen LogP contribution in [-0.2, 0) is 6.54 Å². The van der Waals surface area contributed by atoms with Gasteiger partial charge in [0, 0.05) is 25.2 Å². The lowest BCUT2D eigenvalue weighted by Crippen LogP contribution is -2.31. The summed E-state index contributed by atoms with van der Waals surface area (Å²) < 4.78 is 0. The number of rotatable bonds is 3. The maximum absolute atomic E-state index is 4.90. The molecule has 3 rings (SSSR count).